The van der Waals surface area contributed by atoms with E-state index >= 15 is 0 Å². The third-order valence-corrected chi connectivity index (χ3v) is 5.08. The summed E-state index contributed by atoms with van der Waals surface area (Å²) in [7, 11) is 0. The normalized spacial score (nSPS) is 11.1. The lowest BCUT2D eigenvalue weighted by Gasteiger charge is -2.12. The molecule has 0 aromatic heterocycles. The van der Waals surface area contributed by atoms with Crippen molar-refractivity contribution in [2.45, 2.75) is 6.61 Å². The quantitative estimate of drug-likeness (QED) is 0.169. The van der Waals surface area contributed by atoms with Crippen LogP contribution in [0.15, 0.2) is 60.7 Å². The minimum atomic E-state index is -0.517. The number of nitrogens with zero attached hydrogens (tertiary/aromatic N) is 2. The zero-order valence-electron chi connectivity index (χ0n) is 15.3. The van der Waals surface area contributed by atoms with Crippen molar-refractivity contribution >= 4 is 52.1 Å². The Morgan fingerprint density at radius 3 is 2.37 bits per heavy atom. The van der Waals surface area contributed by atoms with Gasteiger partial charge in [0.2, 0.25) is 0 Å². The molecule has 0 aliphatic heterocycles. The van der Waals surface area contributed by atoms with E-state index in [1.54, 1.807) is 30.3 Å². The van der Waals surface area contributed by atoms with Crippen molar-refractivity contribution in [2.24, 2.45) is 0 Å². The van der Waals surface area contributed by atoms with E-state index < -0.39 is 4.92 Å². The van der Waals surface area contributed by atoms with E-state index in [0.29, 0.717) is 21.9 Å². The van der Waals surface area contributed by atoms with Gasteiger partial charge in [0.05, 0.1) is 26.6 Å². The monoisotopic (exact) mass is 458 g/mol. The first-order valence-corrected chi connectivity index (χ1v) is 9.74. The molecule has 0 amide bonds. The van der Waals surface area contributed by atoms with E-state index in [2.05, 4.69) is 0 Å². The van der Waals surface area contributed by atoms with Gasteiger partial charge in [0.25, 0.3) is 5.69 Å². The molecule has 0 bridgehead atoms. The van der Waals surface area contributed by atoms with Gasteiger partial charge in [0.1, 0.15) is 6.61 Å². The summed E-state index contributed by atoms with van der Waals surface area (Å²) in [5.41, 5.74) is 1.88. The maximum absolute atomic E-state index is 11.0. The number of allylic oxidation sites excluding steroid dienone is 1. The summed E-state index contributed by atoms with van der Waals surface area (Å²) in [5.74, 6) is 0.296. The highest BCUT2D eigenvalue weighted by Gasteiger charge is 2.13. The lowest BCUT2D eigenvalue weighted by atomic mass is 10.0. The fourth-order valence-electron chi connectivity index (χ4n) is 2.70. The summed E-state index contributed by atoms with van der Waals surface area (Å²) in [6.07, 6.45) is 1.55. The molecule has 0 aliphatic rings. The van der Waals surface area contributed by atoms with Crippen molar-refractivity contribution in [1.82, 2.24) is 0 Å². The minimum Gasteiger partial charge on any atom is -0.486 e. The van der Waals surface area contributed by atoms with Gasteiger partial charge in [-0.2, -0.15) is 5.26 Å². The first kappa shape index (κ1) is 21.7. The van der Waals surface area contributed by atoms with Crippen molar-refractivity contribution in [2.75, 3.05) is 0 Å². The maximum Gasteiger partial charge on any atom is 0.270 e. The van der Waals surface area contributed by atoms with E-state index in [1.807, 2.05) is 24.3 Å². The molecule has 0 radical (unpaired) electrons. The third kappa shape index (κ3) is 5.11. The number of nitriles is 1. The summed E-state index contributed by atoms with van der Waals surface area (Å²) < 4.78 is 5.74. The van der Waals surface area contributed by atoms with Gasteiger partial charge in [0, 0.05) is 22.7 Å². The highest BCUT2D eigenvalue weighted by molar-refractivity contribution is 6.37. The molecule has 0 heterocycles. The number of ether oxygens (including phenoxy) is 1. The first-order valence-electron chi connectivity index (χ1n) is 8.61. The highest BCUT2D eigenvalue weighted by atomic mass is 35.5. The summed E-state index contributed by atoms with van der Waals surface area (Å²) in [4.78, 5) is 10.5. The molecule has 0 saturated carbocycles. The zero-order valence-corrected chi connectivity index (χ0v) is 17.6. The first-order chi connectivity index (χ1) is 14.4. The summed E-state index contributed by atoms with van der Waals surface area (Å²) in [5, 5.41) is 21.6. The zero-order chi connectivity index (χ0) is 21.7. The van der Waals surface area contributed by atoms with E-state index in [-0.39, 0.29) is 27.9 Å². The Morgan fingerprint density at radius 1 is 1.03 bits per heavy atom. The molecule has 3 rings (SSSR count). The number of nitro groups is 1. The minimum absolute atomic E-state index is 0.104. The predicted octanol–water partition coefficient (Wildman–Crippen LogP) is 7.20. The van der Waals surface area contributed by atoms with Gasteiger partial charge in [0.15, 0.2) is 5.75 Å². The standard InChI is InChI=1S/C22H13Cl3N2O3/c23-19-7-2-1-4-16(19)13-30-22-20(24)9-14(10-21(22)25)8-17(12-26)15-5-3-6-18(11-15)27(28)29/h1-11H,13H2. The Morgan fingerprint density at radius 2 is 1.73 bits per heavy atom. The fourth-order valence-corrected chi connectivity index (χ4v) is 3.50. The topological polar surface area (TPSA) is 76.2 Å². The van der Waals surface area contributed by atoms with Crippen molar-refractivity contribution < 1.29 is 9.66 Å². The van der Waals surface area contributed by atoms with Crippen LogP contribution in [0.2, 0.25) is 15.1 Å². The van der Waals surface area contributed by atoms with E-state index in [4.69, 9.17) is 39.5 Å². The number of halogens is 3. The molecule has 150 valence electrons. The van der Waals surface area contributed by atoms with Crippen molar-refractivity contribution in [1.29, 1.82) is 5.26 Å². The molecule has 0 atom stereocenters. The average Bonchev–Trinajstić information content (AvgIpc) is 2.72. The predicted molar refractivity (Wildman–Crippen MR) is 119 cm³/mol. The van der Waals surface area contributed by atoms with Gasteiger partial charge in [-0.25, -0.2) is 0 Å². The number of rotatable bonds is 6. The Kier molecular flexibility index (Phi) is 6.96. The number of non-ortho nitro benzene ring substituents is 1. The summed E-state index contributed by atoms with van der Waals surface area (Å²) in [6.45, 7) is 0.186. The smallest absolute Gasteiger partial charge is 0.270 e. The molecule has 3 aromatic rings. The van der Waals surface area contributed by atoms with Crippen molar-refractivity contribution in [3.8, 4) is 11.8 Å². The van der Waals surface area contributed by atoms with Crippen LogP contribution in [-0.4, -0.2) is 4.92 Å². The van der Waals surface area contributed by atoms with Gasteiger partial charge in [-0.05, 0) is 35.4 Å². The van der Waals surface area contributed by atoms with Crippen molar-refractivity contribution in [3.05, 3.63) is 103 Å². The molecule has 0 N–H and O–H groups in total. The van der Waals surface area contributed by atoms with E-state index in [9.17, 15) is 15.4 Å². The largest absolute Gasteiger partial charge is 0.486 e. The molecule has 0 unspecified atom stereocenters. The van der Waals surface area contributed by atoms with Gasteiger partial charge >= 0.3 is 0 Å². The molecule has 8 heteroatoms. The number of nitro benzene ring substituents is 1. The third-order valence-electron chi connectivity index (χ3n) is 4.15. The van der Waals surface area contributed by atoms with Crippen LogP contribution < -0.4 is 4.74 Å². The SMILES string of the molecule is N#CC(=Cc1cc(Cl)c(OCc2ccccc2Cl)c(Cl)c1)c1cccc([N+](=O)[O-])c1. The van der Waals surface area contributed by atoms with E-state index in [0.717, 1.165) is 5.56 Å². The second-order valence-electron chi connectivity index (χ2n) is 6.17. The number of hydrogen-bond acceptors (Lipinski definition) is 4. The Balaban J connectivity index is 1.88. The van der Waals surface area contributed by atoms with E-state index in [1.165, 1.54) is 18.2 Å². The van der Waals surface area contributed by atoms with Crippen LogP contribution in [0.1, 0.15) is 16.7 Å². The van der Waals surface area contributed by atoms with Crippen LogP contribution in [0, 0.1) is 21.4 Å². The van der Waals surface area contributed by atoms with Crippen molar-refractivity contribution in [3.63, 3.8) is 0 Å². The average molecular weight is 460 g/mol. The molecule has 3 aromatic carbocycles. The summed E-state index contributed by atoms with van der Waals surface area (Å²) >= 11 is 18.8. The van der Waals surface area contributed by atoms with Gasteiger partial charge in [-0.15, -0.1) is 0 Å². The lowest BCUT2D eigenvalue weighted by molar-refractivity contribution is -0.384. The molecule has 0 saturated heterocycles. The molecule has 30 heavy (non-hydrogen) atoms. The Labute approximate surface area is 187 Å². The molecule has 0 spiro atoms. The molecule has 0 aliphatic carbocycles. The van der Waals surface area contributed by atoms with Crippen LogP contribution in [0.25, 0.3) is 11.6 Å². The van der Waals surface area contributed by atoms with Crippen LogP contribution in [0.4, 0.5) is 5.69 Å². The number of hydrogen-bond donors (Lipinski definition) is 0. The lowest BCUT2D eigenvalue weighted by Crippen LogP contribution is -1.98. The Bertz CT molecular complexity index is 1160. The van der Waals surface area contributed by atoms with Gasteiger partial charge in [-0.3, -0.25) is 10.1 Å². The molecular weight excluding hydrogens is 447 g/mol. The van der Waals surface area contributed by atoms with Crippen LogP contribution in [0.3, 0.4) is 0 Å². The summed E-state index contributed by atoms with van der Waals surface area (Å²) in [6, 6.07) is 18.3. The second-order valence-corrected chi connectivity index (χ2v) is 7.39. The van der Waals surface area contributed by atoms with Crippen LogP contribution >= 0.6 is 34.8 Å². The van der Waals surface area contributed by atoms with Crippen LogP contribution in [0.5, 0.6) is 5.75 Å². The molecular formula is C22H13Cl3N2O3. The Hall–Kier alpha value is -3.04. The maximum atomic E-state index is 11.0. The molecule has 0 fully saturated rings. The molecule has 5 nitrogen and oxygen atoms in total. The number of benzene rings is 3. The van der Waals surface area contributed by atoms with Gasteiger partial charge < -0.3 is 4.74 Å². The second kappa shape index (κ2) is 9.64. The fraction of sp³-hybridized carbons (Fsp3) is 0.0455. The van der Waals surface area contributed by atoms with Crippen LogP contribution in [-0.2, 0) is 6.61 Å². The van der Waals surface area contributed by atoms with Gasteiger partial charge in [-0.1, -0.05) is 65.1 Å². The highest BCUT2D eigenvalue weighted by Crippen LogP contribution is 2.36.